The van der Waals surface area contributed by atoms with Crippen molar-refractivity contribution in [1.29, 1.82) is 0 Å². The second-order valence-electron chi connectivity index (χ2n) is 28.2. The number of nitrogens with zero attached hydrogens (tertiary/aromatic N) is 14. The molecule has 0 saturated carbocycles. The summed E-state index contributed by atoms with van der Waals surface area (Å²) in [5.41, 5.74) is 10.9. The molecule has 13 heterocycles. The smallest absolute Gasteiger partial charge is 0.444 e. The quantitative estimate of drug-likeness (QED) is 0.153. The van der Waals surface area contributed by atoms with Gasteiger partial charge in [0.05, 0.1) is 72.4 Å². The molecule has 0 radical (unpaired) electrons. The summed E-state index contributed by atoms with van der Waals surface area (Å²) in [6, 6.07) is 21.3. The van der Waals surface area contributed by atoms with E-state index in [9.17, 15) is 22.8 Å². The first-order valence-corrected chi connectivity index (χ1v) is 36.2. The number of carbonyl (C=O) groups is 2. The summed E-state index contributed by atoms with van der Waals surface area (Å²) < 4.78 is 75.1. The number of thiazole rings is 3. The topological polar surface area (TPSA) is 219 Å². The van der Waals surface area contributed by atoms with Gasteiger partial charge in [-0.2, -0.15) is 15.3 Å². The summed E-state index contributed by atoms with van der Waals surface area (Å²) in [5.74, 6) is -1.07. The molecule has 0 unspecified atom stereocenters. The Morgan fingerprint density at radius 3 is 1.32 bits per heavy atom. The lowest BCUT2D eigenvalue weighted by Crippen LogP contribution is -2.41. The maximum atomic E-state index is 15.0. The van der Waals surface area contributed by atoms with Gasteiger partial charge >= 0.3 is 19.3 Å². The molecular weight excluding hydrogens is 1470 g/mol. The van der Waals surface area contributed by atoms with Crippen molar-refractivity contribution in [3.05, 3.63) is 164 Å². The van der Waals surface area contributed by atoms with E-state index in [0.717, 1.165) is 99.4 Å². The number of ether oxygens (including phenoxy) is 2. The van der Waals surface area contributed by atoms with Gasteiger partial charge in [0.2, 0.25) is 0 Å². The molecule has 105 heavy (non-hydrogen) atoms. The molecule has 0 atom stereocenters. The van der Waals surface area contributed by atoms with Gasteiger partial charge in [-0.3, -0.25) is 0 Å². The average Bonchev–Trinajstić information content (AvgIpc) is 1.62. The number of hydrogen-bond donors (Lipinski definition) is 1. The van der Waals surface area contributed by atoms with Crippen LogP contribution in [0.1, 0.15) is 128 Å². The lowest BCUT2D eigenvalue weighted by atomic mass is 9.79. The number of halogens is 6. The minimum atomic E-state index is -0.624. The van der Waals surface area contributed by atoms with Gasteiger partial charge < -0.3 is 33.9 Å². The number of aryl methyl sites for hydroxylation is 3. The van der Waals surface area contributed by atoms with E-state index in [-0.39, 0.29) is 61.9 Å². The molecule has 0 spiro atoms. The summed E-state index contributed by atoms with van der Waals surface area (Å²) in [6.07, 6.45) is 13.2. The van der Waals surface area contributed by atoms with Crippen molar-refractivity contribution in [2.24, 2.45) is 0 Å². The lowest BCUT2D eigenvalue weighted by molar-refractivity contribution is 0.00578. The van der Waals surface area contributed by atoms with E-state index in [1.165, 1.54) is 46.4 Å². The van der Waals surface area contributed by atoms with Crippen LogP contribution in [0.2, 0.25) is 5.15 Å². The standard InChI is InChI=1S/C24H24FN5O2S.C23H30BFN2O4S.C19H16FN5S.C7H6ClN3.CH4.2ClH/c1-14-13-30-20(26-14)6-5-18(28-30)16-11-17(25)21-19(12-16)33-22(27-21)15-7-9-29(10-8-15)23(31)32-24(2,3)4;1-21(2,3)29-20(28)27-10-8-14(9-11-27)19-26-18-16(25)12-15(13-17(18)32-19)24-30-22(4,5)23(6,7)31-24;1-11-10-25-17(22-11)3-2-15(24-25)13-8-14(20)18-16(9-13)26-19(23-18)12-4-6-21-7-5-12;1-5-4-11-7(9-5)3-2-6(8)10-11;;;/h5-7,11-13H,8-10H2,1-4H3;8,12-13H,9-11H2,1-7H3;2-4,8-10,21H,5-7H2,1H3;2-4H,1H3;1H4;2*1H. The highest BCUT2D eigenvalue weighted by molar-refractivity contribution is 7.20. The van der Waals surface area contributed by atoms with Crippen LogP contribution in [-0.2, 0) is 18.8 Å². The Hall–Kier alpha value is -8.45. The number of carbonyl (C=O) groups excluding carboxylic acids is 2. The molecule has 16 rings (SSSR count). The third-order valence-electron chi connectivity index (χ3n) is 17.4. The minimum Gasteiger partial charge on any atom is -0.444 e. The summed E-state index contributed by atoms with van der Waals surface area (Å²) >= 11 is 10.1. The fourth-order valence-electron chi connectivity index (χ4n) is 11.6. The Balaban J connectivity index is 0.000000156. The van der Waals surface area contributed by atoms with Gasteiger partial charge in [0, 0.05) is 43.9 Å². The highest BCUT2D eigenvalue weighted by Crippen LogP contribution is 2.40. The summed E-state index contributed by atoms with van der Waals surface area (Å²) in [5, 5.41) is 19.4. The minimum absolute atomic E-state index is 0. The monoisotopic (exact) mass is 1550 g/mol. The average molecular weight is 1550 g/mol. The Labute approximate surface area is 635 Å². The largest absolute Gasteiger partial charge is 0.494 e. The second kappa shape index (κ2) is 31.6. The molecule has 0 aliphatic carbocycles. The van der Waals surface area contributed by atoms with Gasteiger partial charge in [-0.25, -0.2) is 66.2 Å². The van der Waals surface area contributed by atoms with Crippen LogP contribution in [0.4, 0.5) is 22.8 Å². The Morgan fingerprint density at radius 1 is 0.543 bits per heavy atom. The van der Waals surface area contributed by atoms with Crippen LogP contribution in [0.25, 0.3) is 86.8 Å². The van der Waals surface area contributed by atoms with Crippen LogP contribution in [-0.4, -0.2) is 150 Å². The van der Waals surface area contributed by atoms with Crippen molar-refractivity contribution in [2.45, 2.75) is 139 Å². The summed E-state index contributed by atoms with van der Waals surface area (Å²) in [7, 11) is -0.624. The van der Waals surface area contributed by atoms with Gasteiger partial charge in [-0.1, -0.05) is 37.3 Å². The first kappa shape index (κ1) is 79.1. The van der Waals surface area contributed by atoms with Crippen LogP contribution < -0.4 is 10.8 Å². The van der Waals surface area contributed by atoms with Crippen LogP contribution in [0.5, 0.6) is 0 Å². The predicted molar refractivity (Wildman–Crippen MR) is 418 cm³/mol. The number of nitrogens with one attached hydrogen (secondary N) is 1. The first-order valence-electron chi connectivity index (χ1n) is 33.4. The summed E-state index contributed by atoms with van der Waals surface area (Å²) in [4.78, 5) is 54.5. The SMILES string of the molecule is C.CC(C)(C)OC(=O)N1CC=C(c2nc3c(F)cc(B4OC(C)(C)C(C)(C)O4)cc3s2)CC1.Cc1cn2nc(-c3cc(F)c4nc(C5=CCN(C(=O)OC(C)(C)C)CC5)sc4c3)ccc2n1.Cc1cn2nc(-c3cc(F)c4nc(C5=CCNCC5)sc4c3)ccc2n1.Cc1cn2nc(Cl)ccc2n1.Cl.Cl. The van der Waals surface area contributed by atoms with Gasteiger partial charge in [-0.15, -0.1) is 58.8 Å². The van der Waals surface area contributed by atoms with Crippen LogP contribution in [0, 0.1) is 38.2 Å². The number of hydrogen-bond acceptors (Lipinski definition) is 19. The summed E-state index contributed by atoms with van der Waals surface area (Å²) in [6.45, 7) is 28.5. The number of amides is 2. The third-order valence-corrected chi connectivity index (χ3v) is 20.8. The van der Waals surface area contributed by atoms with Crippen molar-refractivity contribution in [3.63, 3.8) is 0 Å². The molecular formula is C74H82BCl3F3N15O6S3. The molecule has 31 heteroatoms. The lowest BCUT2D eigenvalue weighted by Gasteiger charge is -2.32. The van der Waals surface area contributed by atoms with Crippen LogP contribution in [0.3, 0.4) is 0 Å². The first-order chi connectivity index (χ1) is 48.3. The third kappa shape index (κ3) is 18.0. The fourth-order valence-corrected chi connectivity index (χ4v) is 15.0. The molecule has 4 aliphatic rings. The van der Waals surface area contributed by atoms with Crippen molar-refractivity contribution in [2.75, 3.05) is 39.3 Å². The zero-order chi connectivity index (χ0) is 72.3. The Kier molecular flexibility index (Phi) is 23.8. The molecule has 21 nitrogen and oxygen atoms in total. The number of rotatable bonds is 6. The van der Waals surface area contributed by atoms with Gasteiger partial charge in [-0.05, 0) is 211 Å². The maximum absolute atomic E-state index is 15.0. The zero-order valence-corrected chi connectivity index (χ0v) is 64.4. The van der Waals surface area contributed by atoms with Crippen molar-refractivity contribution in [1.82, 2.24) is 73.9 Å². The van der Waals surface area contributed by atoms with E-state index in [4.69, 9.17) is 30.4 Å². The fraction of sp³-hybridized carbons (Fsp3) is 0.365. The maximum Gasteiger partial charge on any atom is 0.494 e. The normalized spacial score (nSPS) is 15.7. The molecule has 9 aromatic heterocycles. The molecule has 1 saturated heterocycles. The van der Waals surface area contributed by atoms with Gasteiger partial charge in [0.15, 0.2) is 28.6 Å². The Morgan fingerprint density at radius 2 is 0.933 bits per heavy atom. The molecule has 0 bridgehead atoms. The molecule has 2 amide bonds. The van der Waals surface area contributed by atoms with E-state index >= 15 is 0 Å². The van der Waals surface area contributed by atoms with E-state index in [1.54, 1.807) is 40.7 Å². The van der Waals surface area contributed by atoms with Crippen LogP contribution >= 0.6 is 70.4 Å². The number of benzene rings is 3. The molecule has 1 fully saturated rings. The molecule has 4 aliphatic heterocycles. The van der Waals surface area contributed by atoms with E-state index in [0.29, 0.717) is 83.1 Å². The van der Waals surface area contributed by atoms with Gasteiger partial charge in [0.1, 0.15) is 53.7 Å². The van der Waals surface area contributed by atoms with Gasteiger partial charge in [0.25, 0.3) is 0 Å². The van der Waals surface area contributed by atoms with E-state index in [1.807, 2.05) is 169 Å². The molecule has 3 aromatic carbocycles. The van der Waals surface area contributed by atoms with E-state index < -0.39 is 29.5 Å². The van der Waals surface area contributed by atoms with Crippen molar-refractivity contribution < 1.29 is 41.5 Å². The van der Waals surface area contributed by atoms with E-state index in [2.05, 4.69) is 56.6 Å². The van der Waals surface area contributed by atoms with Crippen molar-refractivity contribution >= 4 is 160 Å². The zero-order valence-electron chi connectivity index (χ0n) is 59.6. The molecule has 12 aromatic rings. The van der Waals surface area contributed by atoms with Crippen molar-refractivity contribution in [3.8, 4) is 22.5 Å². The second-order valence-corrected chi connectivity index (χ2v) is 31.7. The predicted octanol–water partition coefficient (Wildman–Crippen LogP) is 17.2. The number of imidazole rings is 3. The van der Waals surface area contributed by atoms with Crippen LogP contribution in [0.15, 0.2) is 110 Å². The Bertz CT molecular complexity index is 5330. The highest BCUT2D eigenvalue weighted by Gasteiger charge is 2.52. The number of fused-ring (bicyclic) bond motifs is 6. The molecule has 1 N–H and O–H groups in total. The number of aromatic nitrogens is 12. The highest BCUT2D eigenvalue weighted by atomic mass is 35.5. The molecule has 552 valence electrons.